The van der Waals surface area contributed by atoms with Crippen molar-refractivity contribution in [2.75, 3.05) is 12.3 Å². The van der Waals surface area contributed by atoms with Gasteiger partial charge < -0.3 is 5.32 Å². The largest absolute Gasteiger partial charge is 0.351 e. The van der Waals surface area contributed by atoms with Crippen LogP contribution in [0, 0.1) is 5.95 Å². The number of aromatic nitrogens is 1. The van der Waals surface area contributed by atoms with Gasteiger partial charge >= 0.3 is 0 Å². The van der Waals surface area contributed by atoms with Crippen molar-refractivity contribution in [2.24, 2.45) is 5.14 Å². The monoisotopic (exact) mass is 247 g/mol. The number of carbonyl (C=O) groups excluding carboxylic acids is 1. The van der Waals surface area contributed by atoms with Gasteiger partial charge in [-0.2, -0.15) is 4.39 Å². The number of carbonyl (C=O) groups is 1. The van der Waals surface area contributed by atoms with Gasteiger partial charge in [-0.25, -0.2) is 18.5 Å². The molecule has 8 heteroatoms. The SMILES string of the molecule is NS(=O)(=O)CCNC(=O)c1cccnc1F. The van der Waals surface area contributed by atoms with E-state index in [9.17, 15) is 17.6 Å². The van der Waals surface area contributed by atoms with Crippen molar-refractivity contribution in [3.8, 4) is 0 Å². The summed E-state index contributed by atoms with van der Waals surface area (Å²) >= 11 is 0. The molecule has 0 unspecified atom stereocenters. The van der Waals surface area contributed by atoms with Crippen molar-refractivity contribution < 1.29 is 17.6 Å². The second kappa shape index (κ2) is 4.99. The number of primary sulfonamides is 1. The van der Waals surface area contributed by atoms with E-state index in [-0.39, 0.29) is 12.1 Å². The Kier molecular flexibility index (Phi) is 3.91. The molecule has 0 aliphatic heterocycles. The molecule has 0 atom stereocenters. The Morgan fingerprint density at radius 1 is 1.56 bits per heavy atom. The smallest absolute Gasteiger partial charge is 0.255 e. The molecule has 1 amide bonds. The summed E-state index contributed by atoms with van der Waals surface area (Å²) in [5.74, 6) is -2.04. The zero-order valence-corrected chi connectivity index (χ0v) is 9.00. The van der Waals surface area contributed by atoms with Gasteiger partial charge in [-0.1, -0.05) is 0 Å². The van der Waals surface area contributed by atoms with Gasteiger partial charge in [-0.15, -0.1) is 0 Å². The molecule has 3 N–H and O–H groups in total. The number of sulfonamides is 1. The van der Waals surface area contributed by atoms with E-state index in [1.165, 1.54) is 18.3 Å². The molecule has 1 aromatic heterocycles. The molecule has 6 nitrogen and oxygen atoms in total. The molecule has 1 heterocycles. The van der Waals surface area contributed by atoms with E-state index in [2.05, 4.69) is 10.3 Å². The molecule has 1 aromatic rings. The molecule has 0 bridgehead atoms. The number of pyridine rings is 1. The first-order chi connectivity index (χ1) is 7.40. The van der Waals surface area contributed by atoms with E-state index in [0.717, 1.165) is 0 Å². The Labute approximate surface area is 91.7 Å². The highest BCUT2D eigenvalue weighted by Crippen LogP contribution is 2.02. The topological polar surface area (TPSA) is 102 Å². The van der Waals surface area contributed by atoms with Gasteiger partial charge in [0.15, 0.2) is 0 Å². The van der Waals surface area contributed by atoms with Crippen molar-refractivity contribution in [3.05, 3.63) is 29.8 Å². The van der Waals surface area contributed by atoms with E-state index in [4.69, 9.17) is 5.14 Å². The predicted octanol–water partition coefficient (Wildman–Crippen LogP) is -0.761. The lowest BCUT2D eigenvalue weighted by Gasteiger charge is -2.04. The fourth-order valence-electron chi connectivity index (χ4n) is 0.957. The maximum Gasteiger partial charge on any atom is 0.255 e. The number of nitrogens with zero attached hydrogens (tertiary/aromatic N) is 1. The first-order valence-corrected chi connectivity index (χ1v) is 6.01. The summed E-state index contributed by atoms with van der Waals surface area (Å²) in [6.07, 6.45) is 1.20. The zero-order chi connectivity index (χ0) is 12.2. The van der Waals surface area contributed by atoms with E-state index >= 15 is 0 Å². The van der Waals surface area contributed by atoms with Crippen LogP contribution in [0.3, 0.4) is 0 Å². The molecule has 0 saturated carbocycles. The molecule has 0 aliphatic carbocycles. The number of hydrogen-bond acceptors (Lipinski definition) is 4. The van der Waals surface area contributed by atoms with Gasteiger partial charge in [-0.05, 0) is 12.1 Å². The first-order valence-electron chi connectivity index (χ1n) is 4.29. The van der Waals surface area contributed by atoms with Crippen LogP contribution in [0.25, 0.3) is 0 Å². The van der Waals surface area contributed by atoms with Crippen molar-refractivity contribution in [1.82, 2.24) is 10.3 Å². The standard InChI is InChI=1S/C8H10FN3O3S/c9-7-6(2-1-3-11-7)8(13)12-4-5-16(10,14)15/h1-3H,4-5H2,(H,12,13)(H2,10,14,15). The van der Waals surface area contributed by atoms with E-state index in [0.29, 0.717) is 0 Å². The summed E-state index contributed by atoms with van der Waals surface area (Å²) in [5.41, 5.74) is -0.239. The van der Waals surface area contributed by atoms with Crippen LogP contribution in [0.4, 0.5) is 4.39 Å². The predicted molar refractivity (Wildman–Crippen MR) is 54.5 cm³/mol. The van der Waals surface area contributed by atoms with Crippen LogP contribution in [-0.4, -0.2) is 31.6 Å². The highest BCUT2D eigenvalue weighted by Gasteiger charge is 2.12. The molecule has 0 aliphatic rings. The third kappa shape index (κ3) is 3.91. The Balaban J connectivity index is 2.57. The Morgan fingerprint density at radius 2 is 2.25 bits per heavy atom. The average molecular weight is 247 g/mol. The number of amides is 1. The van der Waals surface area contributed by atoms with Gasteiger partial charge in [0.1, 0.15) is 0 Å². The van der Waals surface area contributed by atoms with Crippen LogP contribution in [-0.2, 0) is 10.0 Å². The summed E-state index contributed by atoms with van der Waals surface area (Å²) in [4.78, 5) is 14.6. The van der Waals surface area contributed by atoms with Crippen LogP contribution in [0.5, 0.6) is 0 Å². The fourth-order valence-corrected chi connectivity index (χ4v) is 1.34. The molecule has 0 fully saturated rings. The van der Waals surface area contributed by atoms with Gasteiger partial charge in [-0.3, -0.25) is 4.79 Å². The number of rotatable bonds is 4. The summed E-state index contributed by atoms with van der Waals surface area (Å²) in [5, 5.41) is 6.94. The van der Waals surface area contributed by atoms with E-state index in [1.54, 1.807) is 0 Å². The zero-order valence-electron chi connectivity index (χ0n) is 8.18. The second-order valence-electron chi connectivity index (χ2n) is 2.96. The quantitative estimate of drug-likeness (QED) is 0.682. The summed E-state index contributed by atoms with van der Waals surface area (Å²) in [6.45, 7) is -0.175. The van der Waals surface area contributed by atoms with Crippen LogP contribution < -0.4 is 10.5 Å². The van der Waals surface area contributed by atoms with E-state index in [1.807, 2.05) is 0 Å². The van der Waals surface area contributed by atoms with Gasteiger partial charge in [0, 0.05) is 12.7 Å². The lowest BCUT2D eigenvalue weighted by molar-refractivity contribution is 0.0951. The Bertz CT molecular complexity index is 489. The van der Waals surface area contributed by atoms with Crippen molar-refractivity contribution in [3.63, 3.8) is 0 Å². The highest BCUT2D eigenvalue weighted by molar-refractivity contribution is 7.89. The van der Waals surface area contributed by atoms with Crippen LogP contribution in [0.15, 0.2) is 18.3 Å². The van der Waals surface area contributed by atoms with Crippen molar-refractivity contribution in [1.29, 1.82) is 0 Å². The Morgan fingerprint density at radius 3 is 2.81 bits per heavy atom. The molecule has 0 saturated heterocycles. The molecule has 1 rings (SSSR count). The third-order valence-electron chi connectivity index (χ3n) is 1.68. The average Bonchev–Trinajstić information content (AvgIpc) is 2.16. The van der Waals surface area contributed by atoms with Crippen LogP contribution >= 0.6 is 0 Å². The number of nitrogens with two attached hydrogens (primary N) is 1. The molecular formula is C8H10FN3O3S. The van der Waals surface area contributed by atoms with Crippen molar-refractivity contribution in [2.45, 2.75) is 0 Å². The molecule has 0 aromatic carbocycles. The Hall–Kier alpha value is -1.54. The minimum atomic E-state index is -3.64. The lowest BCUT2D eigenvalue weighted by atomic mass is 10.2. The number of nitrogens with one attached hydrogen (secondary N) is 1. The second-order valence-corrected chi connectivity index (χ2v) is 4.70. The summed E-state index contributed by atoms with van der Waals surface area (Å²) < 4.78 is 34.1. The normalized spacial score (nSPS) is 11.1. The minimum absolute atomic E-state index is 0.175. The molecule has 88 valence electrons. The number of halogens is 1. The summed E-state index contributed by atoms with van der Waals surface area (Å²) in [6, 6.07) is 2.65. The maximum absolute atomic E-state index is 13.0. The van der Waals surface area contributed by atoms with Crippen LogP contribution in [0.1, 0.15) is 10.4 Å². The lowest BCUT2D eigenvalue weighted by Crippen LogP contribution is -2.32. The highest BCUT2D eigenvalue weighted by atomic mass is 32.2. The molecular weight excluding hydrogens is 237 g/mol. The minimum Gasteiger partial charge on any atom is -0.351 e. The number of hydrogen-bond donors (Lipinski definition) is 2. The third-order valence-corrected chi connectivity index (χ3v) is 2.45. The van der Waals surface area contributed by atoms with Gasteiger partial charge in [0.25, 0.3) is 5.91 Å². The summed E-state index contributed by atoms with van der Waals surface area (Å²) in [7, 11) is -3.64. The van der Waals surface area contributed by atoms with Gasteiger partial charge in [0.2, 0.25) is 16.0 Å². The van der Waals surface area contributed by atoms with Gasteiger partial charge in [0.05, 0.1) is 11.3 Å². The maximum atomic E-state index is 13.0. The first kappa shape index (κ1) is 12.5. The van der Waals surface area contributed by atoms with E-state index < -0.39 is 27.6 Å². The molecule has 0 spiro atoms. The van der Waals surface area contributed by atoms with Crippen molar-refractivity contribution >= 4 is 15.9 Å². The van der Waals surface area contributed by atoms with Crippen LogP contribution in [0.2, 0.25) is 0 Å². The molecule has 16 heavy (non-hydrogen) atoms. The fraction of sp³-hybridized carbons (Fsp3) is 0.250. The molecule has 0 radical (unpaired) electrons.